The molecule has 6 aromatic rings. The Morgan fingerprint density at radius 3 is 1.59 bits per heavy atom. The van der Waals surface area contributed by atoms with Crippen LogP contribution >= 0.6 is 11.8 Å². The Morgan fingerprint density at radius 1 is 0.547 bits per heavy atom. The highest BCUT2D eigenvalue weighted by molar-refractivity contribution is 7.99. The zero-order chi connectivity index (χ0) is 44.1. The molecule has 0 radical (unpaired) electrons. The lowest BCUT2D eigenvalue weighted by Crippen LogP contribution is -2.47. The molecule has 2 heterocycles. The maximum atomic E-state index is 14.4. The van der Waals surface area contributed by atoms with Crippen LogP contribution in [0.1, 0.15) is 43.4 Å². The van der Waals surface area contributed by atoms with E-state index in [0.717, 1.165) is 52.7 Å². The summed E-state index contributed by atoms with van der Waals surface area (Å²) in [6.45, 7) is 3.66. The topological polar surface area (TPSA) is 135 Å². The molecule has 8 rings (SSSR count). The van der Waals surface area contributed by atoms with Gasteiger partial charge in [0, 0.05) is 74.2 Å². The molecule has 2 aliphatic rings. The van der Waals surface area contributed by atoms with Gasteiger partial charge in [-0.05, 0) is 65.2 Å². The zero-order valence-corrected chi connectivity index (χ0v) is 36.4. The van der Waals surface area contributed by atoms with E-state index in [0.29, 0.717) is 55.0 Å². The Balaban J connectivity index is 1.03. The monoisotopic (exact) mass is 871 g/mol. The minimum absolute atomic E-state index is 0.118. The fraction of sp³-hybridized carbons (Fsp3) is 0.231. The Morgan fingerprint density at radius 2 is 1.03 bits per heavy atom. The summed E-state index contributed by atoms with van der Waals surface area (Å²) in [4.78, 5) is 59.9. The van der Waals surface area contributed by atoms with E-state index >= 15 is 0 Å². The van der Waals surface area contributed by atoms with Gasteiger partial charge in [-0.15, -0.1) is 0 Å². The second-order valence-corrected chi connectivity index (χ2v) is 17.2. The number of carbonyl (C=O) groups excluding carboxylic acids is 4. The lowest BCUT2D eigenvalue weighted by atomic mass is 10.0. The predicted octanol–water partition coefficient (Wildman–Crippen LogP) is 7.35. The van der Waals surface area contributed by atoms with Crippen molar-refractivity contribution in [2.24, 2.45) is 0 Å². The van der Waals surface area contributed by atoms with E-state index in [9.17, 15) is 19.2 Å². The van der Waals surface area contributed by atoms with Crippen LogP contribution in [0, 0.1) is 0 Å². The number of piperazine rings is 1. The Kier molecular flexibility index (Phi) is 14.7. The third kappa shape index (κ3) is 11.4. The van der Waals surface area contributed by atoms with Crippen molar-refractivity contribution in [3.8, 4) is 0 Å². The van der Waals surface area contributed by atoms with Gasteiger partial charge in [-0.25, -0.2) is 0 Å². The van der Waals surface area contributed by atoms with Gasteiger partial charge in [0.2, 0.25) is 11.8 Å². The smallest absolute Gasteiger partial charge is 0.251 e. The number of thioether (sulfide) groups is 1. The molecular weight excluding hydrogens is 819 g/mol. The summed E-state index contributed by atoms with van der Waals surface area (Å²) in [6, 6.07) is 49.5. The van der Waals surface area contributed by atoms with Crippen LogP contribution in [0.5, 0.6) is 0 Å². The van der Waals surface area contributed by atoms with Crippen LogP contribution < -0.4 is 36.4 Å². The van der Waals surface area contributed by atoms with Crippen LogP contribution in [0.4, 0.5) is 22.7 Å². The van der Waals surface area contributed by atoms with Crippen molar-refractivity contribution in [3.63, 3.8) is 0 Å². The molecular formula is C52H53N7O4S. The van der Waals surface area contributed by atoms with Gasteiger partial charge in [0.05, 0.1) is 22.7 Å². The van der Waals surface area contributed by atoms with E-state index in [4.69, 9.17) is 0 Å². The average Bonchev–Trinajstić information content (AvgIpc) is 3.35. The summed E-state index contributed by atoms with van der Waals surface area (Å²) in [7, 11) is 0. The number of hydrogen-bond donors (Lipinski definition) is 5. The van der Waals surface area contributed by atoms with E-state index in [1.54, 1.807) is 36.4 Å². The maximum absolute atomic E-state index is 14.4. The molecule has 3 atom stereocenters. The minimum Gasteiger partial charge on any atom is -0.368 e. The zero-order valence-electron chi connectivity index (χ0n) is 35.6. The van der Waals surface area contributed by atoms with E-state index in [1.165, 1.54) is 0 Å². The molecule has 2 aliphatic heterocycles. The van der Waals surface area contributed by atoms with Gasteiger partial charge in [-0.1, -0.05) is 115 Å². The van der Waals surface area contributed by atoms with Gasteiger partial charge in [-0.2, -0.15) is 11.8 Å². The quantitative estimate of drug-likeness (QED) is 0.0724. The van der Waals surface area contributed by atoms with Crippen LogP contribution in [0.3, 0.4) is 0 Å². The summed E-state index contributed by atoms with van der Waals surface area (Å²) in [5, 5.41) is 16.1. The van der Waals surface area contributed by atoms with Gasteiger partial charge >= 0.3 is 0 Å². The fourth-order valence-electron chi connectivity index (χ4n) is 8.22. The van der Waals surface area contributed by atoms with Crippen molar-refractivity contribution < 1.29 is 19.2 Å². The fourth-order valence-corrected chi connectivity index (χ4v) is 9.12. The molecule has 64 heavy (non-hydrogen) atoms. The molecule has 2 fully saturated rings. The molecule has 0 saturated carbocycles. The Bertz CT molecular complexity index is 2510. The molecule has 6 aromatic carbocycles. The molecule has 4 amide bonds. The van der Waals surface area contributed by atoms with Crippen molar-refractivity contribution in [2.75, 3.05) is 64.7 Å². The predicted molar refractivity (Wildman–Crippen MR) is 258 cm³/mol. The second-order valence-electron chi connectivity index (χ2n) is 16.0. The highest BCUT2D eigenvalue weighted by Gasteiger charge is 2.29. The first-order valence-electron chi connectivity index (χ1n) is 21.8. The van der Waals surface area contributed by atoms with Crippen LogP contribution in [0.15, 0.2) is 164 Å². The molecule has 12 heteroatoms. The lowest BCUT2D eigenvalue weighted by molar-refractivity contribution is -0.118. The molecule has 326 valence electrons. The second kappa shape index (κ2) is 21.5. The first kappa shape index (κ1) is 43.7. The number of carbonyl (C=O) groups is 4. The molecule has 0 bridgehead atoms. The molecule has 0 aliphatic carbocycles. The lowest BCUT2D eigenvalue weighted by Gasteiger charge is -2.37. The largest absolute Gasteiger partial charge is 0.368 e. The van der Waals surface area contributed by atoms with Gasteiger partial charge in [0.15, 0.2) is 0 Å². The summed E-state index contributed by atoms with van der Waals surface area (Å²) < 4.78 is 0. The summed E-state index contributed by atoms with van der Waals surface area (Å²) in [5.41, 5.74) is 6.97. The van der Waals surface area contributed by atoms with Crippen molar-refractivity contribution in [1.82, 2.24) is 16.0 Å². The number of nitrogens with one attached hydrogen (secondary N) is 5. The molecule has 5 N–H and O–H groups in total. The highest BCUT2D eigenvalue weighted by Crippen LogP contribution is 2.34. The molecule has 11 nitrogen and oxygen atoms in total. The summed E-state index contributed by atoms with van der Waals surface area (Å²) >= 11 is 1.92. The number of amides is 4. The van der Waals surface area contributed by atoms with E-state index < -0.39 is 12.1 Å². The van der Waals surface area contributed by atoms with Gasteiger partial charge in [0.25, 0.3) is 11.8 Å². The maximum Gasteiger partial charge on any atom is 0.251 e. The SMILES string of the molecule is O=C(NC(Cc1ccccc1)C(=O)Nc1cc(C2CN(c3ccccc3NC(=O)C(Cc3ccccc3)NC(=O)c3ccccc3)CCN2)ccc1N1CCSCC1)c1ccccc1. The van der Waals surface area contributed by atoms with Crippen LogP contribution in [-0.2, 0) is 22.4 Å². The van der Waals surface area contributed by atoms with Crippen LogP contribution in [-0.4, -0.2) is 79.9 Å². The van der Waals surface area contributed by atoms with Crippen molar-refractivity contribution in [3.05, 3.63) is 192 Å². The number of para-hydroxylation sites is 2. The minimum atomic E-state index is -0.836. The van der Waals surface area contributed by atoms with E-state index in [2.05, 4.69) is 54.6 Å². The van der Waals surface area contributed by atoms with Gasteiger partial charge < -0.3 is 36.4 Å². The van der Waals surface area contributed by atoms with Gasteiger partial charge in [0.1, 0.15) is 12.1 Å². The molecule has 0 aromatic heterocycles. The van der Waals surface area contributed by atoms with Crippen molar-refractivity contribution >= 4 is 58.1 Å². The summed E-state index contributed by atoms with van der Waals surface area (Å²) in [5.74, 6) is 0.724. The normalized spacial score (nSPS) is 15.9. The molecule has 0 spiro atoms. The van der Waals surface area contributed by atoms with Crippen LogP contribution in [0.25, 0.3) is 0 Å². The number of nitrogens with zero attached hydrogens (tertiary/aromatic N) is 2. The van der Waals surface area contributed by atoms with E-state index in [1.807, 2.05) is 121 Å². The Labute approximate surface area is 379 Å². The standard InChI is InChI=1S/C52H53N7O4S/c60-49(39-19-9-3-10-20-39)56-44(33-37-15-5-1-6-16-37)51(62)54-42-23-13-14-24-47(42)59-28-27-53-46(36-59)41-25-26-48(58-29-31-64-32-30-58)43(35-41)55-52(63)45(34-38-17-7-2-8-18-38)57-50(61)40-21-11-4-12-22-40/h1-26,35,44-46,53H,27-34,36H2,(H,54,62)(H,55,63)(H,56,60)(H,57,61). The molecule has 2 saturated heterocycles. The summed E-state index contributed by atoms with van der Waals surface area (Å²) in [6.07, 6.45) is 0.642. The number of hydrogen-bond acceptors (Lipinski definition) is 8. The average molecular weight is 872 g/mol. The third-order valence-electron chi connectivity index (χ3n) is 11.6. The van der Waals surface area contributed by atoms with Crippen molar-refractivity contribution in [1.29, 1.82) is 0 Å². The highest BCUT2D eigenvalue weighted by atomic mass is 32.2. The molecule has 3 unspecified atom stereocenters. The first-order valence-corrected chi connectivity index (χ1v) is 23.0. The van der Waals surface area contributed by atoms with E-state index in [-0.39, 0.29) is 29.7 Å². The van der Waals surface area contributed by atoms with Crippen molar-refractivity contribution in [2.45, 2.75) is 31.0 Å². The van der Waals surface area contributed by atoms with Gasteiger partial charge in [-0.3, -0.25) is 19.2 Å². The Hall–Kier alpha value is -6.89. The number of benzene rings is 6. The third-order valence-corrected chi connectivity index (χ3v) is 12.5. The number of anilines is 4. The number of rotatable bonds is 15. The van der Waals surface area contributed by atoms with Crippen LogP contribution in [0.2, 0.25) is 0 Å². The first-order chi connectivity index (χ1) is 31.4.